The van der Waals surface area contributed by atoms with E-state index in [0.717, 1.165) is 74.0 Å². The maximum absolute atomic E-state index is 6.72. The van der Waals surface area contributed by atoms with E-state index in [4.69, 9.17) is 60.6 Å². The Kier molecular flexibility index (Phi) is 12.7. The Morgan fingerprint density at radius 2 is 1.00 bits per heavy atom. The highest BCUT2D eigenvalue weighted by molar-refractivity contribution is 6.18. The molecule has 2 aromatic rings. The van der Waals surface area contributed by atoms with E-state index in [9.17, 15) is 0 Å². The van der Waals surface area contributed by atoms with Gasteiger partial charge in [0.2, 0.25) is 12.6 Å². The molecule has 2 bridgehead atoms. The molecule has 0 aromatic heterocycles. The molecule has 228 valence electrons. The average molecular weight is 645 g/mol. The van der Waals surface area contributed by atoms with Crippen LogP contribution in [0, 0.1) is 11.8 Å². The van der Waals surface area contributed by atoms with E-state index in [1.54, 1.807) is 0 Å². The minimum absolute atomic E-state index is 0.298. The van der Waals surface area contributed by atoms with Crippen LogP contribution in [0.2, 0.25) is 0 Å². The highest BCUT2D eigenvalue weighted by Crippen LogP contribution is 2.52. The van der Waals surface area contributed by atoms with Gasteiger partial charge in [-0.15, -0.1) is 46.4 Å². The highest BCUT2D eigenvalue weighted by atomic mass is 35.5. The topological polar surface area (TPSA) is 27.7 Å². The van der Waals surface area contributed by atoms with Crippen molar-refractivity contribution in [2.75, 3.05) is 23.5 Å². The Morgan fingerprint density at radius 1 is 0.585 bits per heavy atom. The van der Waals surface area contributed by atoms with E-state index < -0.39 is 12.6 Å². The van der Waals surface area contributed by atoms with Crippen LogP contribution in [-0.4, -0.2) is 23.5 Å². The zero-order valence-electron chi connectivity index (χ0n) is 25.0. The molecule has 0 saturated heterocycles. The van der Waals surface area contributed by atoms with Crippen LogP contribution in [0.1, 0.15) is 124 Å². The third kappa shape index (κ3) is 8.21. The molecule has 2 heterocycles. The standard InChI is InChI=1S/C34H46Cl4O3/c1-21(2)27-17-25(15-23(9-13-37)7-5-11-35)19-29-31(27)39-34-30-20-26(16-24(10-14-38)8-6-12-36)18-28(22(3)4)32(30)40-33(29)41-34/h17-24,33-34H,5-16H2,1-4H3. The van der Waals surface area contributed by atoms with Gasteiger partial charge in [-0.3, -0.25) is 4.74 Å². The molecule has 0 amide bonds. The molecule has 0 radical (unpaired) electrons. The second kappa shape index (κ2) is 15.8. The first-order valence-electron chi connectivity index (χ1n) is 15.4. The summed E-state index contributed by atoms with van der Waals surface area (Å²) in [5.74, 6) is 6.07. The molecule has 41 heavy (non-hydrogen) atoms. The van der Waals surface area contributed by atoms with Crippen LogP contribution in [0.5, 0.6) is 11.5 Å². The lowest BCUT2D eigenvalue weighted by atomic mass is 9.87. The molecule has 0 aliphatic carbocycles. The monoisotopic (exact) mass is 642 g/mol. The van der Waals surface area contributed by atoms with Gasteiger partial charge in [0.25, 0.3) is 0 Å². The summed E-state index contributed by atoms with van der Waals surface area (Å²) in [6, 6.07) is 9.09. The van der Waals surface area contributed by atoms with Gasteiger partial charge in [0, 0.05) is 23.5 Å². The molecule has 4 unspecified atom stereocenters. The van der Waals surface area contributed by atoms with Crippen molar-refractivity contribution in [1.29, 1.82) is 0 Å². The van der Waals surface area contributed by atoms with E-state index >= 15 is 0 Å². The van der Waals surface area contributed by atoms with Crippen molar-refractivity contribution in [3.63, 3.8) is 0 Å². The molecule has 2 aromatic carbocycles. The maximum atomic E-state index is 6.72. The number of ether oxygens (including phenoxy) is 3. The Labute approximate surface area is 267 Å². The van der Waals surface area contributed by atoms with Crippen molar-refractivity contribution in [1.82, 2.24) is 0 Å². The molecule has 4 rings (SSSR count). The van der Waals surface area contributed by atoms with Crippen molar-refractivity contribution < 1.29 is 14.2 Å². The SMILES string of the molecule is CC(C)c1cc(CC(CCCl)CCCCl)cc2c1OC1OC2Oc2c(C(C)C)cc(CC(CCCl)CCCCl)cc21. The van der Waals surface area contributed by atoms with Crippen molar-refractivity contribution in [2.45, 2.75) is 103 Å². The molecule has 2 aliphatic heterocycles. The van der Waals surface area contributed by atoms with Crippen LogP contribution in [0.15, 0.2) is 24.3 Å². The number of hydrogen-bond donors (Lipinski definition) is 0. The molecule has 0 fully saturated rings. The fourth-order valence-corrected chi connectivity index (χ4v) is 7.18. The van der Waals surface area contributed by atoms with Gasteiger partial charge in [-0.25, -0.2) is 0 Å². The van der Waals surface area contributed by atoms with Gasteiger partial charge in [-0.2, -0.15) is 0 Å². The van der Waals surface area contributed by atoms with Gasteiger partial charge >= 0.3 is 0 Å². The first kappa shape index (κ1) is 33.1. The summed E-state index contributed by atoms with van der Waals surface area (Å²) in [6.45, 7) is 8.89. The third-order valence-electron chi connectivity index (χ3n) is 8.44. The summed E-state index contributed by atoms with van der Waals surface area (Å²) < 4.78 is 19.9. The number of hydrogen-bond acceptors (Lipinski definition) is 3. The van der Waals surface area contributed by atoms with Crippen LogP contribution >= 0.6 is 46.4 Å². The third-order valence-corrected chi connectivity index (χ3v) is 9.41. The normalized spacial score (nSPS) is 19.0. The van der Waals surface area contributed by atoms with Crippen molar-refractivity contribution >= 4 is 46.4 Å². The fraction of sp³-hybridized carbons (Fsp3) is 0.647. The Bertz CT molecular complexity index is 1050. The minimum Gasteiger partial charge on any atom is -0.459 e. The van der Waals surface area contributed by atoms with Crippen molar-refractivity contribution in [2.24, 2.45) is 11.8 Å². The van der Waals surface area contributed by atoms with Crippen LogP contribution in [-0.2, 0) is 17.6 Å². The molecular weight excluding hydrogens is 598 g/mol. The van der Waals surface area contributed by atoms with Gasteiger partial charge in [0.05, 0.1) is 11.1 Å². The lowest BCUT2D eigenvalue weighted by Crippen LogP contribution is -2.32. The molecule has 0 saturated carbocycles. The largest absolute Gasteiger partial charge is 0.459 e. The Hall–Kier alpha value is -0.840. The van der Waals surface area contributed by atoms with Crippen molar-refractivity contribution in [3.8, 4) is 11.5 Å². The Balaban J connectivity index is 1.68. The van der Waals surface area contributed by atoms with Crippen molar-refractivity contribution in [3.05, 3.63) is 57.6 Å². The van der Waals surface area contributed by atoms with Crippen LogP contribution < -0.4 is 9.47 Å². The first-order chi connectivity index (χ1) is 19.8. The van der Waals surface area contributed by atoms with Crippen LogP contribution in [0.4, 0.5) is 0 Å². The average Bonchev–Trinajstić information content (AvgIpc) is 2.94. The lowest BCUT2D eigenvalue weighted by Gasteiger charge is -2.40. The molecule has 4 atom stereocenters. The zero-order chi connectivity index (χ0) is 29.5. The smallest absolute Gasteiger partial charge is 0.233 e. The molecule has 7 heteroatoms. The summed E-state index contributed by atoms with van der Waals surface area (Å²) in [5, 5.41) is 0. The molecule has 2 aliphatic rings. The van der Waals surface area contributed by atoms with Gasteiger partial charge < -0.3 is 9.47 Å². The maximum Gasteiger partial charge on any atom is 0.233 e. The predicted molar refractivity (Wildman–Crippen MR) is 174 cm³/mol. The second-order valence-corrected chi connectivity index (χ2v) is 13.8. The molecule has 0 spiro atoms. The first-order valence-corrected chi connectivity index (χ1v) is 17.5. The van der Waals surface area contributed by atoms with E-state index in [0.29, 0.717) is 47.2 Å². The second-order valence-electron chi connectivity index (χ2n) is 12.3. The van der Waals surface area contributed by atoms with E-state index in [2.05, 4.69) is 52.0 Å². The number of fused-ring (bicyclic) bond motifs is 6. The number of alkyl halides is 4. The molecular formula is C34H46Cl4O3. The molecule has 0 N–H and O–H groups in total. The van der Waals surface area contributed by atoms with Gasteiger partial charge in [0.1, 0.15) is 11.5 Å². The quantitative estimate of drug-likeness (QED) is 0.170. The predicted octanol–water partition coefficient (Wildman–Crippen LogP) is 11.0. The number of rotatable bonds is 16. The number of benzene rings is 2. The van der Waals surface area contributed by atoms with Crippen LogP contribution in [0.25, 0.3) is 0 Å². The summed E-state index contributed by atoms with van der Waals surface area (Å²) in [4.78, 5) is 0. The van der Waals surface area contributed by atoms with Gasteiger partial charge in [-0.1, -0.05) is 39.8 Å². The van der Waals surface area contributed by atoms with E-state index in [1.807, 2.05) is 0 Å². The number of halogens is 4. The van der Waals surface area contributed by atoms with E-state index in [-0.39, 0.29) is 0 Å². The van der Waals surface area contributed by atoms with E-state index in [1.165, 1.54) is 22.3 Å². The van der Waals surface area contributed by atoms with Crippen LogP contribution in [0.3, 0.4) is 0 Å². The summed E-state index contributed by atoms with van der Waals surface area (Å²) >= 11 is 24.4. The van der Waals surface area contributed by atoms with Gasteiger partial charge in [-0.05, 0) is 109 Å². The summed E-state index contributed by atoms with van der Waals surface area (Å²) in [5.41, 5.74) is 6.92. The zero-order valence-corrected chi connectivity index (χ0v) is 28.0. The lowest BCUT2D eigenvalue weighted by molar-refractivity contribution is -0.228. The van der Waals surface area contributed by atoms with Gasteiger partial charge in [0.15, 0.2) is 0 Å². The highest BCUT2D eigenvalue weighted by Gasteiger charge is 2.41. The molecule has 3 nitrogen and oxygen atoms in total. The Morgan fingerprint density at radius 3 is 1.34 bits per heavy atom. The summed E-state index contributed by atoms with van der Waals surface area (Å²) in [6.07, 6.45) is 7.02. The fourth-order valence-electron chi connectivity index (χ4n) is 6.25. The summed E-state index contributed by atoms with van der Waals surface area (Å²) in [7, 11) is 0. The minimum atomic E-state index is -0.501.